The average molecular weight is 312 g/mol. The minimum Gasteiger partial charge on any atom is -0.460 e. The van der Waals surface area contributed by atoms with Gasteiger partial charge in [0.25, 0.3) is 0 Å². The van der Waals surface area contributed by atoms with E-state index >= 15 is 0 Å². The zero-order valence-electron chi connectivity index (χ0n) is 12.2. The summed E-state index contributed by atoms with van der Waals surface area (Å²) in [7, 11) is -3.40. The summed E-state index contributed by atoms with van der Waals surface area (Å²) in [4.78, 5) is 11.4. The summed E-state index contributed by atoms with van der Waals surface area (Å²) in [5.41, 5.74) is 0.315. The van der Waals surface area contributed by atoms with Crippen molar-refractivity contribution in [2.75, 3.05) is 19.8 Å². The first-order valence-electron chi connectivity index (χ1n) is 6.55. The lowest BCUT2D eigenvalue weighted by atomic mass is 10.4. The number of ether oxygens (including phenoxy) is 2. The van der Waals surface area contributed by atoms with Crippen molar-refractivity contribution >= 4 is 15.8 Å². The average Bonchev–Trinajstić information content (AvgIpc) is 2.47. The Bertz CT molecular complexity index is 577. The minimum atomic E-state index is -3.40. The van der Waals surface area contributed by atoms with E-state index in [9.17, 15) is 13.2 Å². The molecule has 0 saturated heterocycles. The molecule has 5 nitrogen and oxygen atoms in total. The van der Waals surface area contributed by atoms with E-state index in [0.717, 1.165) is 0 Å². The second-order valence-corrected chi connectivity index (χ2v) is 7.03. The van der Waals surface area contributed by atoms with Crippen LogP contribution in [0.15, 0.2) is 47.4 Å². The van der Waals surface area contributed by atoms with Crippen molar-refractivity contribution in [3.8, 4) is 0 Å². The molecule has 0 heterocycles. The van der Waals surface area contributed by atoms with Gasteiger partial charge in [-0.15, -0.1) is 0 Å². The lowest BCUT2D eigenvalue weighted by Crippen LogP contribution is -2.24. The van der Waals surface area contributed by atoms with Gasteiger partial charge in [0.15, 0.2) is 9.84 Å². The number of hydrogen-bond donors (Lipinski definition) is 0. The highest BCUT2D eigenvalue weighted by atomic mass is 32.2. The Labute approximate surface area is 125 Å². The van der Waals surface area contributed by atoms with Gasteiger partial charge in [0.1, 0.15) is 6.61 Å². The van der Waals surface area contributed by atoms with Crippen molar-refractivity contribution in [2.24, 2.45) is 0 Å². The summed E-state index contributed by atoms with van der Waals surface area (Å²) in [6.07, 6.45) is 0. The van der Waals surface area contributed by atoms with Crippen molar-refractivity contribution in [3.05, 3.63) is 42.5 Å². The molecule has 0 spiro atoms. The summed E-state index contributed by atoms with van der Waals surface area (Å²) in [5, 5.41) is -0.670. The van der Waals surface area contributed by atoms with E-state index in [0.29, 0.717) is 5.57 Å². The number of hydrogen-bond acceptors (Lipinski definition) is 5. The van der Waals surface area contributed by atoms with Crippen LogP contribution in [-0.2, 0) is 24.1 Å². The maximum atomic E-state index is 12.2. The highest BCUT2D eigenvalue weighted by molar-refractivity contribution is 7.92. The van der Waals surface area contributed by atoms with Crippen LogP contribution in [0.5, 0.6) is 0 Å². The van der Waals surface area contributed by atoms with Crippen LogP contribution in [0, 0.1) is 0 Å². The van der Waals surface area contributed by atoms with Gasteiger partial charge < -0.3 is 9.47 Å². The number of carbonyl (C=O) groups is 1. The smallest absolute Gasteiger partial charge is 0.333 e. The number of benzene rings is 1. The van der Waals surface area contributed by atoms with E-state index in [1.165, 1.54) is 0 Å². The van der Waals surface area contributed by atoms with Crippen LogP contribution >= 0.6 is 0 Å². The van der Waals surface area contributed by atoms with Crippen molar-refractivity contribution in [1.82, 2.24) is 0 Å². The van der Waals surface area contributed by atoms with Crippen LogP contribution in [0.4, 0.5) is 0 Å². The summed E-state index contributed by atoms with van der Waals surface area (Å²) in [6.45, 7) is 6.86. The van der Waals surface area contributed by atoms with E-state index in [1.807, 2.05) is 0 Å². The predicted molar refractivity (Wildman–Crippen MR) is 79.7 cm³/mol. The lowest BCUT2D eigenvalue weighted by molar-refractivity contribution is -0.140. The largest absolute Gasteiger partial charge is 0.460 e. The molecule has 1 aromatic rings. The Kier molecular flexibility index (Phi) is 6.58. The molecule has 21 heavy (non-hydrogen) atoms. The third-order valence-corrected chi connectivity index (χ3v) is 4.89. The van der Waals surface area contributed by atoms with Crippen LogP contribution in [0.25, 0.3) is 0 Å². The van der Waals surface area contributed by atoms with Gasteiger partial charge in [0, 0.05) is 5.57 Å². The molecule has 0 bridgehead atoms. The van der Waals surface area contributed by atoms with E-state index in [2.05, 4.69) is 6.58 Å². The van der Waals surface area contributed by atoms with E-state index < -0.39 is 21.1 Å². The maximum Gasteiger partial charge on any atom is 0.333 e. The molecule has 0 aliphatic carbocycles. The number of rotatable bonds is 8. The first kappa shape index (κ1) is 17.4. The molecule has 0 radical (unpaired) electrons. The van der Waals surface area contributed by atoms with E-state index in [-0.39, 0.29) is 24.7 Å². The van der Waals surface area contributed by atoms with Crippen molar-refractivity contribution < 1.29 is 22.7 Å². The molecule has 0 N–H and O–H groups in total. The highest BCUT2D eigenvalue weighted by Crippen LogP contribution is 2.15. The Morgan fingerprint density at radius 3 is 2.43 bits per heavy atom. The fourth-order valence-corrected chi connectivity index (χ4v) is 2.77. The molecule has 0 amide bonds. The van der Waals surface area contributed by atoms with Crippen LogP contribution in [0.1, 0.15) is 13.8 Å². The molecule has 0 aromatic heterocycles. The van der Waals surface area contributed by atoms with Gasteiger partial charge in [-0.1, -0.05) is 24.8 Å². The van der Waals surface area contributed by atoms with Crippen LogP contribution < -0.4 is 0 Å². The molecule has 0 saturated carbocycles. The Balaban J connectivity index is 2.39. The fraction of sp³-hybridized carbons (Fsp3) is 0.400. The number of carbonyl (C=O) groups excluding carboxylic acids is 1. The highest BCUT2D eigenvalue weighted by Gasteiger charge is 2.23. The summed E-state index contributed by atoms with van der Waals surface area (Å²) in [6, 6.07) is 8.23. The molecular weight excluding hydrogens is 292 g/mol. The summed E-state index contributed by atoms with van der Waals surface area (Å²) in [5.74, 6) is -0.483. The molecule has 0 fully saturated rings. The Morgan fingerprint density at radius 1 is 1.24 bits per heavy atom. The standard InChI is InChI=1S/C15H20O5S/c1-12(2)15(16)20-10-9-19-11-13(3)21(17,18)14-7-5-4-6-8-14/h4-8,13H,1,9-11H2,2-3H3. The third-order valence-electron chi connectivity index (χ3n) is 2.76. The normalized spacial score (nSPS) is 12.7. The molecule has 0 aliphatic heterocycles. The molecule has 0 aliphatic rings. The summed E-state index contributed by atoms with van der Waals surface area (Å²) < 4.78 is 34.5. The van der Waals surface area contributed by atoms with Gasteiger partial charge in [-0.25, -0.2) is 13.2 Å². The van der Waals surface area contributed by atoms with Crippen LogP contribution in [0.3, 0.4) is 0 Å². The second-order valence-electron chi connectivity index (χ2n) is 4.66. The van der Waals surface area contributed by atoms with Crippen LogP contribution in [-0.4, -0.2) is 39.5 Å². The molecule has 1 atom stereocenters. The van der Waals surface area contributed by atoms with Crippen molar-refractivity contribution in [2.45, 2.75) is 24.0 Å². The predicted octanol–water partition coefficient (Wildman–Crippen LogP) is 1.98. The quantitative estimate of drug-likeness (QED) is 0.417. The Morgan fingerprint density at radius 2 is 1.86 bits per heavy atom. The van der Waals surface area contributed by atoms with E-state index in [4.69, 9.17) is 9.47 Å². The van der Waals surface area contributed by atoms with Gasteiger partial charge >= 0.3 is 5.97 Å². The lowest BCUT2D eigenvalue weighted by Gasteiger charge is -2.13. The second kappa shape index (κ2) is 7.95. The van der Waals surface area contributed by atoms with Gasteiger partial charge in [-0.2, -0.15) is 0 Å². The monoisotopic (exact) mass is 312 g/mol. The van der Waals surface area contributed by atoms with Gasteiger partial charge in [0.05, 0.1) is 23.4 Å². The number of esters is 1. The maximum absolute atomic E-state index is 12.2. The molecule has 116 valence electrons. The SMILES string of the molecule is C=C(C)C(=O)OCCOCC(C)S(=O)(=O)c1ccccc1. The molecular formula is C15H20O5S. The van der Waals surface area contributed by atoms with Gasteiger partial charge in [0.2, 0.25) is 0 Å². The van der Waals surface area contributed by atoms with Gasteiger partial charge in [-0.05, 0) is 26.0 Å². The zero-order valence-corrected chi connectivity index (χ0v) is 13.1. The molecule has 1 aromatic carbocycles. The minimum absolute atomic E-state index is 0.0435. The third kappa shape index (κ3) is 5.32. The van der Waals surface area contributed by atoms with Gasteiger partial charge in [-0.3, -0.25) is 0 Å². The van der Waals surface area contributed by atoms with E-state index in [1.54, 1.807) is 44.2 Å². The Hall–Kier alpha value is -1.66. The van der Waals surface area contributed by atoms with Crippen molar-refractivity contribution in [3.63, 3.8) is 0 Å². The topological polar surface area (TPSA) is 69.7 Å². The summed E-state index contributed by atoms with van der Waals surface area (Å²) >= 11 is 0. The van der Waals surface area contributed by atoms with Crippen LogP contribution in [0.2, 0.25) is 0 Å². The zero-order chi connectivity index (χ0) is 15.9. The number of sulfone groups is 1. The fourth-order valence-electron chi connectivity index (χ4n) is 1.50. The molecule has 1 rings (SSSR count). The van der Waals surface area contributed by atoms with Crippen molar-refractivity contribution in [1.29, 1.82) is 0 Å². The molecule has 1 unspecified atom stereocenters. The molecule has 6 heteroatoms. The first-order chi connectivity index (χ1) is 9.85. The first-order valence-corrected chi connectivity index (χ1v) is 8.09.